The SMILES string of the molecule is CCCC=CP(=O)(OCCCC)OCCCC. The second-order valence-electron chi connectivity index (χ2n) is 4.09. The maximum Gasteiger partial charge on any atom is 0.353 e. The lowest BCUT2D eigenvalue weighted by Crippen LogP contribution is -1.97. The van der Waals surface area contributed by atoms with Crippen LogP contribution in [0.4, 0.5) is 0 Å². The quantitative estimate of drug-likeness (QED) is 0.382. The molecule has 0 saturated carbocycles. The van der Waals surface area contributed by atoms with Crippen molar-refractivity contribution in [3.8, 4) is 0 Å². The van der Waals surface area contributed by atoms with E-state index in [0.29, 0.717) is 13.2 Å². The van der Waals surface area contributed by atoms with Gasteiger partial charge >= 0.3 is 7.60 Å². The average molecular weight is 262 g/mol. The second kappa shape index (κ2) is 11.0. The molecule has 0 aliphatic heterocycles. The van der Waals surface area contributed by atoms with E-state index in [1.54, 1.807) is 5.82 Å². The van der Waals surface area contributed by atoms with Crippen LogP contribution in [0.25, 0.3) is 0 Å². The molecule has 0 aromatic heterocycles. The van der Waals surface area contributed by atoms with Gasteiger partial charge in [0, 0.05) is 5.82 Å². The zero-order chi connectivity index (χ0) is 13.0. The fourth-order valence-corrected chi connectivity index (χ4v) is 2.59. The third-order valence-electron chi connectivity index (χ3n) is 2.28. The molecule has 0 spiro atoms. The fourth-order valence-electron chi connectivity index (χ4n) is 1.17. The molecule has 0 bridgehead atoms. The molecule has 17 heavy (non-hydrogen) atoms. The van der Waals surface area contributed by atoms with Gasteiger partial charge in [0.2, 0.25) is 0 Å². The first-order valence-electron chi connectivity index (χ1n) is 6.75. The van der Waals surface area contributed by atoms with Crippen LogP contribution in [0.15, 0.2) is 11.9 Å². The zero-order valence-electron chi connectivity index (χ0n) is 11.5. The van der Waals surface area contributed by atoms with Crippen molar-refractivity contribution in [2.24, 2.45) is 0 Å². The van der Waals surface area contributed by atoms with Gasteiger partial charge in [-0.25, -0.2) is 0 Å². The lowest BCUT2D eigenvalue weighted by atomic mass is 10.3. The summed E-state index contributed by atoms with van der Waals surface area (Å²) >= 11 is 0. The van der Waals surface area contributed by atoms with E-state index in [0.717, 1.165) is 38.5 Å². The predicted octanol–water partition coefficient (Wildman–Crippen LogP) is 5.13. The summed E-state index contributed by atoms with van der Waals surface area (Å²) in [5.74, 6) is 1.63. The summed E-state index contributed by atoms with van der Waals surface area (Å²) in [6.45, 7) is 7.27. The molecule has 0 aliphatic rings. The van der Waals surface area contributed by atoms with Crippen LogP contribution < -0.4 is 0 Å². The lowest BCUT2D eigenvalue weighted by molar-refractivity contribution is 0.207. The zero-order valence-corrected chi connectivity index (χ0v) is 12.4. The highest BCUT2D eigenvalue weighted by molar-refractivity contribution is 7.57. The van der Waals surface area contributed by atoms with Crippen LogP contribution >= 0.6 is 7.60 Å². The van der Waals surface area contributed by atoms with E-state index >= 15 is 0 Å². The highest BCUT2D eigenvalue weighted by Crippen LogP contribution is 2.50. The van der Waals surface area contributed by atoms with Crippen molar-refractivity contribution in [1.29, 1.82) is 0 Å². The summed E-state index contributed by atoms with van der Waals surface area (Å²) in [5.41, 5.74) is 0. The molecule has 0 saturated heterocycles. The summed E-state index contributed by atoms with van der Waals surface area (Å²) in [5, 5.41) is 0. The highest BCUT2D eigenvalue weighted by atomic mass is 31.2. The Morgan fingerprint density at radius 1 is 0.941 bits per heavy atom. The van der Waals surface area contributed by atoms with E-state index < -0.39 is 7.60 Å². The van der Waals surface area contributed by atoms with Crippen molar-refractivity contribution in [2.45, 2.75) is 59.3 Å². The molecule has 0 amide bonds. The molecule has 0 aromatic carbocycles. The van der Waals surface area contributed by atoms with Crippen molar-refractivity contribution in [3.05, 3.63) is 11.9 Å². The molecule has 0 N–H and O–H groups in total. The number of hydrogen-bond acceptors (Lipinski definition) is 3. The summed E-state index contributed by atoms with van der Waals surface area (Å²) in [7, 11) is -2.99. The Morgan fingerprint density at radius 3 is 1.88 bits per heavy atom. The molecule has 0 heterocycles. The van der Waals surface area contributed by atoms with Gasteiger partial charge in [-0.05, 0) is 19.3 Å². The van der Waals surface area contributed by atoms with Crippen molar-refractivity contribution in [2.75, 3.05) is 13.2 Å². The van der Waals surface area contributed by atoms with Crippen molar-refractivity contribution >= 4 is 7.60 Å². The largest absolute Gasteiger partial charge is 0.353 e. The summed E-state index contributed by atoms with van der Waals surface area (Å²) < 4.78 is 23.1. The van der Waals surface area contributed by atoms with Gasteiger partial charge in [0.15, 0.2) is 0 Å². The third-order valence-corrected chi connectivity index (χ3v) is 3.94. The van der Waals surface area contributed by atoms with Crippen LogP contribution in [0.3, 0.4) is 0 Å². The van der Waals surface area contributed by atoms with Gasteiger partial charge in [-0.15, -0.1) is 0 Å². The molecule has 0 unspecified atom stereocenters. The molecule has 3 nitrogen and oxygen atoms in total. The van der Waals surface area contributed by atoms with Gasteiger partial charge in [-0.3, -0.25) is 4.57 Å². The van der Waals surface area contributed by atoms with E-state index in [1.807, 2.05) is 6.08 Å². The number of unbranched alkanes of at least 4 members (excludes halogenated alkanes) is 3. The third kappa shape index (κ3) is 9.58. The number of rotatable bonds is 11. The van der Waals surface area contributed by atoms with Crippen LogP contribution in [0.5, 0.6) is 0 Å². The van der Waals surface area contributed by atoms with Crippen LogP contribution in [-0.2, 0) is 13.6 Å². The molecule has 4 heteroatoms. The van der Waals surface area contributed by atoms with Gasteiger partial charge in [0.25, 0.3) is 0 Å². The minimum atomic E-state index is -2.99. The first-order valence-corrected chi connectivity index (χ1v) is 8.36. The topological polar surface area (TPSA) is 35.5 Å². The van der Waals surface area contributed by atoms with Crippen LogP contribution in [0.1, 0.15) is 59.3 Å². The van der Waals surface area contributed by atoms with Crippen LogP contribution in [0, 0.1) is 0 Å². The molecule has 102 valence electrons. The molecular weight excluding hydrogens is 235 g/mol. The van der Waals surface area contributed by atoms with Crippen molar-refractivity contribution in [3.63, 3.8) is 0 Å². The van der Waals surface area contributed by atoms with E-state index in [-0.39, 0.29) is 0 Å². The Morgan fingerprint density at radius 2 is 1.47 bits per heavy atom. The van der Waals surface area contributed by atoms with Crippen molar-refractivity contribution in [1.82, 2.24) is 0 Å². The Labute approximate surface area is 106 Å². The molecule has 0 atom stereocenters. The fraction of sp³-hybridized carbons (Fsp3) is 0.846. The minimum Gasteiger partial charge on any atom is -0.306 e. The van der Waals surface area contributed by atoms with Crippen molar-refractivity contribution < 1.29 is 13.6 Å². The number of hydrogen-bond donors (Lipinski definition) is 0. The molecule has 0 fully saturated rings. The number of allylic oxidation sites excluding steroid dienone is 1. The van der Waals surface area contributed by atoms with Gasteiger partial charge in [0.05, 0.1) is 13.2 Å². The Balaban J connectivity index is 4.19. The minimum absolute atomic E-state index is 0.510. The first-order chi connectivity index (χ1) is 8.18. The lowest BCUT2D eigenvalue weighted by Gasteiger charge is -2.14. The Hall–Kier alpha value is -0.110. The molecular formula is C13H27O3P. The average Bonchev–Trinajstić information content (AvgIpc) is 2.30. The van der Waals surface area contributed by atoms with Gasteiger partial charge in [-0.2, -0.15) is 0 Å². The van der Waals surface area contributed by atoms with Crippen LogP contribution in [-0.4, -0.2) is 13.2 Å². The van der Waals surface area contributed by atoms with Gasteiger partial charge in [-0.1, -0.05) is 46.1 Å². The molecule has 0 aliphatic carbocycles. The van der Waals surface area contributed by atoms with E-state index in [1.165, 1.54) is 0 Å². The maximum atomic E-state index is 12.3. The first kappa shape index (κ1) is 16.9. The molecule has 0 radical (unpaired) electrons. The highest BCUT2D eigenvalue weighted by Gasteiger charge is 2.19. The normalized spacial score (nSPS) is 12.4. The van der Waals surface area contributed by atoms with E-state index in [9.17, 15) is 4.57 Å². The van der Waals surface area contributed by atoms with E-state index in [4.69, 9.17) is 9.05 Å². The summed E-state index contributed by atoms with van der Waals surface area (Å²) in [6.07, 6.45) is 7.77. The standard InChI is InChI=1S/C13H27O3P/c1-4-7-10-13-17(14,15-11-8-5-2)16-12-9-6-3/h10,13H,4-9,11-12H2,1-3H3. The Kier molecular flexibility index (Phi) is 10.9. The van der Waals surface area contributed by atoms with Crippen LogP contribution in [0.2, 0.25) is 0 Å². The second-order valence-corrected chi connectivity index (χ2v) is 5.98. The molecule has 0 rings (SSSR count). The Bertz CT molecular complexity index is 225. The van der Waals surface area contributed by atoms with Gasteiger partial charge < -0.3 is 9.05 Å². The maximum absolute atomic E-state index is 12.3. The van der Waals surface area contributed by atoms with Gasteiger partial charge in [0.1, 0.15) is 0 Å². The summed E-state index contributed by atoms with van der Waals surface area (Å²) in [4.78, 5) is 0. The summed E-state index contributed by atoms with van der Waals surface area (Å²) in [6, 6.07) is 0. The molecule has 0 aromatic rings. The monoisotopic (exact) mass is 262 g/mol. The van der Waals surface area contributed by atoms with E-state index in [2.05, 4.69) is 20.8 Å². The smallest absolute Gasteiger partial charge is 0.306 e. The predicted molar refractivity (Wildman–Crippen MR) is 73.4 cm³/mol.